The molecule has 0 amide bonds. The van der Waals surface area contributed by atoms with Gasteiger partial charge < -0.3 is 4.74 Å². The third-order valence-corrected chi connectivity index (χ3v) is 2.88. The second kappa shape index (κ2) is 3.96. The molecule has 6 heteroatoms. The topological polar surface area (TPSA) is 56.5 Å². The monoisotopic (exact) mass is 261 g/mol. The number of hydrogen-bond donors (Lipinski definition) is 0. The van der Waals surface area contributed by atoms with Crippen LogP contribution < -0.4 is 0 Å². The molecule has 1 aromatic carbocycles. The minimum Gasteiger partial charge on any atom is -0.465 e. The Hall–Kier alpha value is -2.14. The van der Waals surface area contributed by atoms with E-state index in [0.717, 1.165) is 0 Å². The van der Waals surface area contributed by atoms with Gasteiger partial charge in [0.1, 0.15) is 5.15 Å². The molecule has 3 rings (SSSR count). The molecule has 0 aliphatic carbocycles. The number of methoxy groups -OCH3 is 1. The van der Waals surface area contributed by atoms with Gasteiger partial charge in [-0.15, -0.1) is 0 Å². The first-order chi connectivity index (χ1) is 8.70. The minimum atomic E-state index is -0.419. The molecule has 0 bridgehead atoms. The van der Waals surface area contributed by atoms with Crippen molar-refractivity contribution < 1.29 is 9.53 Å². The lowest BCUT2D eigenvalue weighted by atomic mass is 10.1. The van der Waals surface area contributed by atoms with Gasteiger partial charge in [-0.3, -0.25) is 0 Å². The average Bonchev–Trinajstić information content (AvgIpc) is 2.75. The van der Waals surface area contributed by atoms with Crippen LogP contribution in [-0.2, 0) is 4.74 Å². The van der Waals surface area contributed by atoms with Gasteiger partial charge in [0.15, 0.2) is 5.65 Å². The summed E-state index contributed by atoms with van der Waals surface area (Å²) >= 11 is 5.87. The molecule has 2 heterocycles. The summed E-state index contributed by atoms with van der Waals surface area (Å²) in [5.41, 5.74) is 1.64. The van der Waals surface area contributed by atoms with Gasteiger partial charge in [-0.25, -0.2) is 14.3 Å². The Labute approximate surface area is 107 Å². The summed E-state index contributed by atoms with van der Waals surface area (Å²) in [4.78, 5) is 15.9. The Morgan fingerprint density at radius 2 is 2.22 bits per heavy atom. The molecule has 0 radical (unpaired) electrons. The third kappa shape index (κ3) is 1.52. The quantitative estimate of drug-likeness (QED) is 0.498. The number of hydrogen-bond acceptors (Lipinski definition) is 4. The molecule has 0 unspecified atom stereocenters. The fourth-order valence-corrected chi connectivity index (χ4v) is 2.03. The van der Waals surface area contributed by atoms with E-state index in [1.54, 1.807) is 28.9 Å². The first kappa shape index (κ1) is 11.0. The zero-order chi connectivity index (χ0) is 12.7. The number of aromatic nitrogens is 3. The molecule has 0 spiro atoms. The van der Waals surface area contributed by atoms with Gasteiger partial charge in [0.25, 0.3) is 0 Å². The van der Waals surface area contributed by atoms with Gasteiger partial charge in [-0.2, -0.15) is 5.10 Å². The van der Waals surface area contributed by atoms with Crippen LogP contribution in [0.5, 0.6) is 0 Å². The first-order valence-corrected chi connectivity index (χ1v) is 5.60. The normalized spacial score (nSPS) is 11.0. The van der Waals surface area contributed by atoms with Gasteiger partial charge in [-0.1, -0.05) is 17.7 Å². The van der Waals surface area contributed by atoms with E-state index >= 15 is 0 Å². The standard InChI is InChI=1S/C12H8ClN3O2/c1-18-12(17)7-3-2-4-8-10(7)11-14-9(13)5-6-16(11)15-8/h2-6H,1H3. The summed E-state index contributed by atoms with van der Waals surface area (Å²) in [5, 5.41) is 5.32. The lowest BCUT2D eigenvalue weighted by Gasteiger charge is -2.00. The van der Waals surface area contributed by atoms with Crippen molar-refractivity contribution in [2.75, 3.05) is 7.11 Å². The Kier molecular flexibility index (Phi) is 2.41. The molecule has 0 atom stereocenters. The van der Waals surface area contributed by atoms with Gasteiger partial charge in [0, 0.05) is 6.20 Å². The number of ether oxygens (including phenoxy) is 1. The van der Waals surface area contributed by atoms with Crippen LogP contribution >= 0.6 is 11.6 Å². The van der Waals surface area contributed by atoms with Crippen molar-refractivity contribution in [2.24, 2.45) is 0 Å². The first-order valence-electron chi connectivity index (χ1n) is 5.22. The highest BCUT2D eigenvalue weighted by Crippen LogP contribution is 2.23. The van der Waals surface area contributed by atoms with E-state index in [-0.39, 0.29) is 0 Å². The third-order valence-electron chi connectivity index (χ3n) is 2.67. The summed E-state index contributed by atoms with van der Waals surface area (Å²) < 4.78 is 6.34. The molecule has 0 saturated carbocycles. The van der Waals surface area contributed by atoms with Crippen LogP contribution in [0.4, 0.5) is 0 Å². The van der Waals surface area contributed by atoms with Crippen LogP contribution in [0, 0.1) is 0 Å². The van der Waals surface area contributed by atoms with E-state index in [0.29, 0.717) is 27.3 Å². The Morgan fingerprint density at radius 1 is 1.39 bits per heavy atom. The number of nitrogens with zero attached hydrogens (tertiary/aromatic N) is 3. The molecular weight excluding hydrogens is 254 g/mol. The van der Waals surface area contributed by atoms with Crippen molar-refractivity contribution in [1.82, 2.24) is 14.6 Å². The predicted octanol–water partition coefficient (Wildman–Crippen LogP) is 2.32. The van der Waals surface area contributed by atoms with Gasteiger partial charge in [0.05, 0.1) is 23.6 Å². The highest BCUT2D eigenvalue weighted by atomic mass is 35.5. The number of benzene rings is 1. The Bertz CT molecular complexity index is 766. The van der Waals surface area contributed by atoms with Gasteiger partial charge in [0.2, 0.25) is 0 Å². The maximum absolute atomic E-state index is 11.7. The number of fused-ring (bicyclic) bond motifs is 3. The fraction of sp³-hybridized carbons (Fsp3) is 0.0833. The number of rotatable bonds is 1. The van der Waals surface area contributed by atoms with Crippen LogP contribution in [0.2, 0.25) is 5.15 Å². The second-order valence-corrected chi connectivity index (χ2v) is 4.10. The maximum Gasteiger partial charge on any atom is 0.338 e. The van der Waals surface area contributed by atoms with Gasteiger partial charge >= 0.3 is 5.97 Å². The minimum absolute atomic E-state index is 0.351. The zero-order valence-corrected chi connectivity index (χ0v) is 10.2. The van der Waals surface area contributed by atoms with Crippen molar-refractivity contribution in [3.63, 3.8) is 0 Å². The molecule has 0 aliphatic heterocycles. The Morgan fingerprint density at radius 3 is 3.00 bits per heavy atom. The highest BCUT2D eigenvalue weighted by molar-refractivity contribution is 6.29. The lowest BCUT2D eigenvalue weighted by molar-refractivity contribution is 0.0603. The number of esters is 1. The zero-order valence-electron chi connectivity index (χ0n) is 9.42. The molecule has 0 saturated heterocycles. The highest BCUT2D eigenvalue weighted by Gasteiger charge is 2.16. The summed E-state index contributed by atoms with van der Waals surface area (Å²) in [7, 11) is 1.34. The van der Waals surface area contributed by atoms with Crippen molar-refractivity contribution in [3.8, 4) is 0 Å². The summed E-state index contributed by atoms with van der Waals surface area (Å²) in [5.74, 6) is -0.419. The van der Waals surface area contributed by atoms with Crippen molar-refractivity contribution >= 4 is 34.1 Å². The summed E-state index contributed by atoms with van der Waals surface area (Å²) in [6.07, 6.45) is 1.70. The van der Waals surface area contributed by atoms with E-state index in [1.165, 1.54) is 7.11 Å². The molecule has 3 aromatic rings. The van der Waals surface area contributed by atoms with Crippen molar-refractivity contribution in [3.05, 3.63) is 41.2 Å². The molecular formula is C12H8ClN3O2. The van der Waals surface area contributed by atoms with Gasteiger partial charge in [-0.05, 0) is 18.2 Å². The predicted molar refractivity (Wildman–Crippen MR) is 66.8 cm³/mol. The Balaban J connectivity index is 2.47. The molecule has 5 nitrogen and oxygen atoms in total. The largest absolute Gasteiger partial charge is 0.465 e. The average molecular weight is 262 g/mol. The smallest absolute Gasteiger partial charge is 0.338 e. The van der Waals surface area contributed by atoms with E-state index in [4.69, 9.17) is 16.3 Å². The molecule has 18 heavy (non-hydrogen) atoms. The number of carbonyl (C=O) groups is 1. The van der Waals surface area contributed by atoms with Crippen LogP contribution in [-0.4, -0.2) is 27.7 Å². The lowest BCUT2D eigenvalue weighted by Crippen LogP contribution is -2.01. The number of halogens is 1. The summed E-state index contributed by atoms with van der Waals surface area (Å²) in [6.45, 7) is 0. The SMILES string of the molecule is COC(=O)c1cccc2nn3ccc(Cl)nc3c12. The summed E-state index contributed by atoms with van der Waals surface area (Å²) in [6, 6.07) is 6.88. The number of carbonyl (C=O) groups excluding carboxylic acids is 1. The molecule has 0 N–H and O–H groups in total. The van der Waals surface area contributed by atoms with Crippen LogP contribution in [0.3, 0.4) is 0 Å². The van der Waals surface area contributed by atoms with Crippen molar-refractivity contribution in [1.29, 1.82) is 0 Å². The van der Waals surface area contributed by atoms with E-state index in [1.807, 2.05) is 6.07 Å². The van der Waals surface area contributed by atoms with Crippen LogP contribution in [0.25, 0.3) is 16.6 Å². The fourth-order valence-electron chi connectivity index (χ4n) is 1.90. The van der Waals surface area contributed by atoms with E-state index < -0.39 is 5.97 Å². The molecule has 0 aliphatic rings. The molecule has 2 aromatic heterocycles. The van der Waals surface area contributed by atoms with E-state index in [2.05, 4.69) is 10.1 Å². The molecule has 90 valence electrons. The second-order valence-electron chi connectivity index (χ2n) is 3.71. The molecule has 0 fully saturated rings. The maximum atomic E-state index is 11.7. The van der Waals surface area contributed by atoms with Crippen LogP contribution in [0.1, 0.15) is 10.4 Å². The van der Waals surface area contributed by atoms with E-state index in [9.17, 15) is 4.79 Å². The van der Waals surface area contributed by atoms with Crippen molar-refractivity contribution in [2.45, 2.75) is 0 Å². The van der Waals surface area contributed by atoms with Crippen LogP contribution in [0.15, 0.2) is 30.5 Å².